The maximum Gasteiger partial charge on any atom is 0.364 e. The fourth-order valence-electron chi connectivity index (χ4n) is 1.90. The van der Waals surface area contributed by atoms with Crippen LogP contribution >= 0.6 is 0 Å². The summed E-state index contributed by atoms with van der Waals surface area (Å²) in [6.45, 7) is 1.32. The van der Waals surface area contributed by atoms with Gasteiger partial charge in [-0.05, 0) is 6.92 Å². The number of nitrogens with two attached hydrogens (primary N) is 1. The van der Waals surface area contributed by atoms with E-state index in [1.807, 2.05) is 0 Å². The van der Waals surface area contributed by atoms with E-state index < -0.39 is 42.5 Å². The van der Waals surface area contributed by atoms with Crippen LogP contribution in [0.2, 0.25) is 0 Å². The number of aliphatic hydroxyl groups is 2. The number of carbonyl (C=O) groups excluding carboxylic acids is 2. The first-order chi connectivity index (χ1) is 10.3. The fourth-order valence-corrected chi connectivity index (χ4v) is 1.90. The molecule has 2 heterocycles. The molecule has 1 aromatic heterocycles. The van der Waals surface area contributed by atoms with Crippen LogP contribution in [0, 0.1) is 0 Å². The van der Waals surface area contributed by atoms with Crippen LogP contribution in [-0.2, 0) is 14.3 Å². The molecule has 22 heavy (non-hydrogen) atoms. The molecule has 0 bridgehead atoms. The fraction of sp³-hybridized carbons (Fsp3) is 0.636. The van der Waals surface area contributed by atoms with Gasteiger partial charge < -0.3 is 31.2 Å². The molecule has 0 saturated carbocycles. The number of nitrogens with zero attached hydrogens (tertiary/aromatic N) is 3. The van der Waals surface area contributed by atoms with Crippen LogP contribution in [0.1, 0.15) is 23.8 Å². The monoisotopic (exact) mass is 316 g/mol. The van der Waals surface area contributed by atoms with Crippen LogP contribution in [0.3, 0.4) is 0 Å². The predicted octanol–water partition coefficient (Wildman–Crippen LogP) is -3.83. The Kier molecular flexibility index (Phi) is 4.71. The normalized spacial score (nSPS) is 29.3. The highest BCUT2D eigenvalue weighted by molar-refractivity contribution is 5.88. The Morgan fingerprint density at radius 2 is 2.23 bits per heavy atom. The van der Waals surface area contributed by atoms with Gasteiger partial charge in [0.1, 0.15) is 31.2 Å². The van der Waals surface area contributed by atoms with E-state index in [0.717, 1.165) is 11.0 Å². The number of hydrogen-bond acceptors (Lipinski definition) is 8. The van der Waals surface area contributed by atoms with Crippen LogP contribution in [-0.4, -0.2) is 67.8 Å². The van der Waals surface area contributed by atoms with E-state index in [2.05, 4.69) is 15.8 Å². The van der Waals surface area contributed by atoms with Gasteiger partial charge in [-0.2, -0.15) is 0 Å². The molecule has 1 aromatic rings. The molecule has 1 saturated heterocycles. The number of hydrogen-bond donors (Lipinski definition) is 4. The standard InChI is InChI=1S/C11H17N5O6/c1-4(12)11(20)21-2-5-6(17)7(18)10(22-5)16-3-14-9(15-16)8(13)19/h3-7,10,17-18H,2,12H2,1H3,(H2,13,19)/p+1/t4-,5+,6?,7+,10+/m0/s1. The number of carbonyl (C=O) groups is 2. The number of esters is 1. The van der Waals surface area contributed by atoms with Gasteiger partial charge in [-0.1, -0.05) is 0 Å². The Balaban J connectivity index is 2.03. The maximum absolute atomic E-state index is 11.4. The first-order valence-electron chi connectivity index (χ1n) is 6.53. The zero-order chi connectivity index (χ0) is 16.4. The van der Waals surface area contributed by atoms with Crippen LogP contribution < -0.4 is 11.5 Å². The van der Waals surface area contributed by atoms with Crippen molar-refractivity contribution in [2.45, 2.75) is 37.5 Å². The molecule has 5 atom stereocenters. The minimum atomic E-state index is -1.33. The van der Waals surface area contributed by atoms with Gasteiger partial charge in [-0.25, -0.2) is 14.5 Å². The summed E-state index contributed by atoms with van der Waals surface area (Å²) in [4.78, 5) is 26.0. The van der Waals surface area contributed by atoms with Crippen molar-refractivity contribution < 1.29 is 35.0 Å². The first kappa shape index (κ1) is 16.3. The summed E-state index contributed by atoms with van der Waals surface area (Å²) >= 11 is 0. The Morgan fingerprint density at radius 1 is 1.55 bits per heavy atom. The molecule has 0 radical (unpaired) electrons. The number of primary amides is 1. The van der Waals surface area contributed by atoms with Crippen molar-refractivity contribution in [3.63, 3.8) is 0 Å². The second kappa shape index (κ2) is 6.36. The molecular weight excluding hydrogens is 298 g/mol. The summed E-state index contributed by atoms with van der Waals surface area (Å²) in [6.07, 6.45) is -3.49. The number of amides is 1. The molecule has 1 aliphatic rings. The molecule has 1 unspecified atom stereocenters. The van der Waals surface area contributed by atoms with Gasteiger partial charge >= 0.3 is 5.97 Å². The van der Waals surface area contributed by atoms with Crippen molar-refractivity contribution in [2.24, 2.45) is 5.73 Å². The predicted molar refractivity (Wildman–Crippen MR) is 67.8 cm³/mol. The van der Waals surface area contributed by atoms with Gasteiger partial charge in [0, 0.05) is 0 Å². The number of ether oxygens (including phenoxy) is 2. The maximum atomic E-state index is 11.4. The minimum absolute atomic E-state index is 0.244. The van der Waals surface area contributed by atoms with Crippen LogP contribution in [0.15, 0.2) is 6.33 Å². The molecule has 0 spiro atoms. The van der Waals surface area contributed by atoms with Gasteiger partial charge in [0.05, 0.1) is 0 Å². The summed E-state index contributed by atoms with van der Waals surface area (Å²) in [5.41, 5.74) is 8.54. The van der Waals surface area contributed by atoms with E-state index in [1.54, 1.807) is 6.92 Å². The van der Waals surface area contributed by atoms with Gasteiger partial charge in [0.15, 0.2) is 12.3 Å². The van der Waals surface area contributed by atoms with Crippen molar-refractivity contribution in [3.05, 3.63) is 12.2 Å². The lowest BCUT2D eigenvalue weighted by atomic mass is 10.1. The SMILES string of the molecule is C[C@H]([NH3+])C(=O)OC[C@H]1O[C@@H](n2cnc(C(N)=O)n2)[C@H](O)C1O. The van der Waals surface area contributed by atoms with Crippen molar-refractivity contribution in [3.8, 4) is 0 Å². The molecule has 1 amide bonds. The molecule has 2 rings (SSSR count). The zero-order valence-corrected chi connectivity index (χ0v) is 11.8. The number of aromatic nitrogens is 3. The van der Waals surface area contributed by atoms with E-state index in [9.17, 15) is 19.8 Å². The van der Waals surface area contributed by atoms with Gasteiger partial charge in [-0.15, -0.1) is 5.10 Å². The van der Waals surface area contributed by atoms with Crippen molar-refractivity contribution in [2.75, 3.05) is 6.61 Å². The smallest absolute Gasteiger partial charge is 0.364 e. The summed E-state index contributed by atoms with van der Waals surface area (Å²) in [5, 5.41) is 23.6. The van der Waals surface area contributed by atoms with E-state index in [-0.39, 0.29) is 12.4 Å². The van der Waals surface area contributed by atoms with Crippen LogP contribution in [0.4, 0.5) is 0 Å². The number of aliphatic hydroxyl groups excluding tert-OH is 2. The highest BCUT2D eigenvalue weighted by Gasteiger charge is 2.45. The molecule has 0 aliphatic carbocycles. The van der Waals surface area contributed by atoms with E-state index in [1.165, 1.54) is 0 Å². The van der Waals surface area contributed by atoms with Crippen LogP contribution in [0.25, 0.3) is 0 Å². The highest BCUT2D eigenvalue weighted by Crippen LogP contribution is 2.28. The summed E-state index contributed by atoms with van der Waals surface area (Å²) in [7, 11) is 0. The average Bonchev–Trinajstić information content (AvgIpc) is 3.04. The highest BCUT2D eigenvalue weighted by atomic mass is 16.6. The van der Waals surface area contributed by atoms with E-state index in [0.29, 0.717) is 0 Å². The van der Waals surface area contributed by atoms with E-state index >= 15 is 0 Å². The lowest BCUT2D eigenvalue weighted by Crippen LogP contribution is -2.63. The molecular formula is C11H18N5O6+. The molecule has 1 fully saturated rings. The molecule has 122 valence electrons. The van der Waals surface area contributed by atoms with Gasteiger partial charge in [0.25, 0.3) is 5.91 Å². The van der Waals surface area contributed by atoms with Gasteiger partial charge in [0.2, 0.25) is 5.82 Å². The summed E-state index contributed by atoms with van der Waals surface area (Å²) in [6, 6.07) is -0.562. The largest absolute Gasteiger partial charge is 0.458 e. The third kappa shape index (κ3) is 3.22. The first-order valence-corrected chi connectivity index (χ1v) is 6.53. The topological polar surface area (TPSA) is 177 Å². The molecule has 0 aromatic carbocycles. The lowest BCUT2D eigenvalue weighted by Gasteiger charge is -2.14. The van der Waals surface area contributed by atoms with Crippen molar-refractivity contribution >= 4 is 11.9 Å². The number of quaternary nitrogens is 1. The quantitative estimate of drug-likeness (QED) is 0.399. The number of rotatable bonds is 5. The third-order valence-corrected chi connectivity index (χ3v) is 3.12. The minimum Gasteiger partial charge on any atom is -0.458 e. The van der Waals surface area contributed by atoms with E-state index in [4.69, 9.17) is 15.2 Å². The third-order valence-electron chi connectivity index (χ3n) is 3.12. The Morgan fingerprint density at radius 3 is 2.77 bits per heavy atom. The average molecular weight is 316 g/mol. The summed E-state index contributed by atoms with van der Waals surface area (Å²) < 4.78 is 11.4. The lowest BCUT2D eigenvalue weighted by molar-refractivity contribution is -0.403. The van der Waals surface area contributed by atoms with Crippen LogP contribution in [0.5, 0.6) is 0 Å². The van der Waals surface area contributed by atoms with Gasteiger partial charge in [-0.3, -0.25) is 4.79 Å². The molecule has 1 aliphatic heterocycles. The Bertz CT molecular complexity index is 561. The molecule has 7 N–H and O–H groups in total. The molecule has 11 heteroatoms. The second-order valence-electron chi connectivity index (χ2n) is 4.99. The Labute approximate surface area is 124 Å². The second-order valence-corrected chi connectivity index (χ2v) is 4.99. The van der Waals surface area contributed by atoms with Crippen molar-refractivity contribution in [1.29, 1.82) is 0 Å². The summed E-state index contributed by atoms with van der Waals surface area (Å²) in [5.74, 6) is -1.63. The zero-order valence-electron chi connectivity index (χ0n) is 11.8. The molecule has 11 nitrogen and oxygen atoms in total. The van der Waals surface area contributed by atoms with Crippen molar-refractivity contribution in [1.82, 2.24) is 14.8 Å². The Hall–Kier alpha value is -2.08.